The molecule has 0 aromatic carbocycles. The summed E-state index contributed by atoms with van der Waals surface area (Å²) in [5.74, 6) is 1.55. The van der Waals surface area contributed by atoms with Gasteiger partial charge in [0.25, 0.3) is 0 Å². The van der Waals surface area contributed by atoms with E-state index in [0.717, 1.165) is 5.75 Å². The molecule has 1 amide bonds. The minimum absolute atomic E-state index is 0.0252. The number of methoxy groups -OCH3 is 1. The lowest BCUT2D eigenvalue weighted by Gasteiger charge is -2.07. The zero-order valence-electron chi connectivity index (χ0n) is 8.78. The van der Waals surface area contributed by atoms with E-state index < -0.39 is 0 Å². The lowest BCUT2D eigenvalue weighted by atomic mass is 10.2. The number of rotatable bonds is 8. The molecule has 0 radical (unpaired) electrons. The van der Waals surface area contributed by atoms with Crippen molar-refractivity contribution >= 4 is 17.7 Å². The van der Waals surface area contributed by atoms with Crippen LogP contribution in [0, 0.1) is 5.92 Å². The first-order valence-corrected chi connectivity index (χ1v) is 5.80. The first-order valence-electron chi connectivity index (χ1n) is 4.65. The zero-order chi connectivity index (χ0) is 10.8. The molecular formula is C9H19NO3S. The van der Waals surface area contributed by atoms with Crippen LogP contribution < -0.4 is 5.32 Å². The summed E-state index contributed by atoms with van der Waals surface area (Å²) in [4.78, 5) is 11.1. The Kier molecular flexibility index (Phi) is 9.13. The van der Waals surface area contributed by atoms with E-state index in [2.05, 4.69) is 5.32 Å². The third-order valence-corrected chi connectivity index (χ3v) is 2.85. The number of aliphatic hydroxyl groups is 1. The largest absolute Gasteiger partial charge is 0.396 e. The van der Waals surface area contributed by atoms with Gasteiger partial charge in [-0.05, 0) is 11.7 Å². The molecule has 0 aliphatic carbocycles. The Bertz CT molecular complexity index is 155. The molecule has 0 aromatic heterocycles. The van der Waals surface area contributed by atoms with Crippen molar-refractivity contribution in [1.82, 2.24) is 5.32 Å². The lowest BCUT2D eigenvalue weighted by Crippen LogP contribution is -2.28. The van der Waals surface area contributed by atoms with Crippen LogP contribution in [-0.4, -0.2) is 49.4 Å². The molecule has 0 aromatic rings. The fourth-order valence-electron chi connectivity index (χ4n) is 0.749. The van der Waals surface area contributed by atoms with E-state index in [1.807, 2.05) is 6.92 Å². The van der Waals surface area contributed by atoms with Crippen LogP contribution in [0.25, 0.3) is 0 Å². The monoisotopic (exact) mass is 221 g/mol. The Hall–Kier alpha value is -0.260. The molecule has 1 atom stereocenters. The van der Waals surface area contributed by atoms with Crippen molar-refractivity contribution in [2.45, 2.75) is 6.92 Å². The summed E-state index contributed by atoms with van der Waals surface area (Å²) in [7, 11) is 1.60. The van der Waals surface area contributed by atoms with Gasteiger partial charge in [0.2, 0.25) is 5.91 Å². The molecular weight excluding hydrogens is 202 g/mol. The normalized spacial score (nSPS) is 12.5. The molecule has 0 spiro atoms. The number of nitrogens with one attached hydrogen (secondary N) is 1. The Morgan fingerprint density at radius 3 is 2.93 bits per heavy atom. The quantitative estimate of drug-likeness (QED) is 0.571. The van der Waals surface area contributed by atoms with Gasteiger partial charge in [-0.3, -0.25) is 4.79 Å². The van der Waals surface area contributed by atoms with E-state index in [9.17, 15) is 4.79 Å². The maximum absolute atomic E-state index is 11.1. The number of ether oxygens (including phenoxy) is 1. The average molecular weight is 221 g/mol. The second-order valence-electron chi connectivity index (χ2n) is 3.15. The van der Waals surface area contributed by atoms with E-state index in [1.165, 1.54) is 11.8 Å². The molecule has 0 rings (SSSR count). The maximum Gasteiger partial charge on any atom is 0.230 e. The van der Waals surface area contributed by atoms with Crippen molar-refractivity contribution in [3.05, 3.63) is 0 Å². The third kappa shape index (κ3) is 8.34. The Morgan fingerprint density at radius 2 is 2.36 bits per heavy atom. The summed E-state index contributed by atoms with van der Waals surface area (Å²) in [6.45, 7) is 3.24. The molecule has 4 nitrogen and oxygen atoms in total. The molecule has 0 aliphatic heterocycles. The van der Waals surface area contributed by atoms with Gasteiger partial charge in [-0.25, -0.2) is 0 Å². The van der Waals surface area contributed by atoms with Crippen LogP contribution in [0.1, 0.15) is 6.92 Å². The van der Waals surface area contributed by atoms with E-state index in [1.54, 1.807) is 7.11 Å². The van der Waals surface area contributed by atoms with Gasteiger partial charge in [-0.1, -0.05) is 6.92 Å². The Morgan fingerprint density at radius 1 is 1.64 bits per heavy atom. The number of amides is 1. The van der Waals surface area contributed by atoms with Gasteiger partial charge < -0.3 is 15.2 Å². The topological polar surface area (TPSA) is 58.6 Å². The van der Waals surface area contributed by atoms with Crippen molar-refractivity contribution in [1.29, 1.82) is 0 Å². The summed E-state index contributed by atoms with van der Waals surface area (Å²) < 4.78 is 4.80. The van der Waals surface area contributed by atoms with Gasteiger partial charge in [0.1, 0.15) is 0 Å². The SMILES string of the molecule is COCCNC(=O)CSCC(C)CO. The van der Waals surface area contributed by atoms with E-state index in [4.69, 9.17) is 9.84 Å². The number of hydrogen-bond acceptors (Lipinski definition) is 4. The second-order valence-corrected chi connectivity index (χ2v) is 4.18. The lowest BCUT2D eigenvalue weighted by molar-refractivity contribution is -0.118. The number of aliphatic hydroxyl groups excluding tert-OH is 1. The minimum atomic E-state index is 0.0252. The summed E-state index contributed by atoms with van der Waals surface area (Å²) >= 11 is 1.54. The van der Waals surface area contributed by atoms with Crippen LogP contribution in [0.15, 0.2) is 0 Å². The molecule has 5 heteroatoms. The predicted octanol–water partition coefficient (Wildman–Crippen LogP) is 0.111. The van der Waals surface area contributed by atoms with Crippen LogP contribution in [0.4, 0.5) is 0 Å². The van der Waals surface area contributed by atoms with Gasteiger partial charge >= 0.3 is 0 Å². The van der Waals surface area contributed by atoms with Gasteiger partial charge in [-0.15, -0.1) is 0 Å². The number of carbonyl (C=O) groups excluding carboxylic acids is 1. The van der Waals surface area contributed by atoms with Gasteiger partial charge in [0, 0.05) is 20.3 Å². The minimum Gasteiger partial charge on any atom is -0.396 e. The summed E-state index contributed by atoms with van der Waals surface area (Å²) in [6, 6.07) is 0. The highest BCUT2D eigenvalue weighted by Gasteiger charge is 2.03. The van der Waals surface area contributed by atoms with Crippen LogP contribution >= 0.6 is 11.8 Å². The molecule has 0 bridgehead atoms. The smallest absolute Gasteiger partial charge is 0.230 e. The highest BCUT2D eigenvalue weighted by atomic mass is 32.2. The number of hydrogen-bond donors (Lipinski definition) is 2. The summed E-state index contributed by atoms with van der Waals surface area (Å²) in [5.41, 5.74) is 0. The van der Waals surface area contributed by atoms with E-state index in [-0.39, 0.29) is 18.4 Å². The molecule has 2 N–H and O–H groups in total. The standard InChI is InChI=1S/C9H19NO3S/c1-8(5-11)6-14-7-9(12)10-3-4-13-2/h8,11H,3-7H2,1-2H3,(H,10,12). The van der Waals surface area contributed by atoms with Crippen LogP contribution in [-0.2, 0) is 9.53 Å². The second kappa shape index (κ2) is 9.30. The summed E-state index contributed by atoms with van der Waals surface area (Å²) in [5, 5.41) is 11.5. The van der Waals surface area contributed by atoms with Crippen LogP contribution in [0.5, 0.6) is 0 Å². The number of thioether (sulfide) groups is 1. The molecule has 0 heterocycles. The van der Waals surface area contributed by atoms with E-state index in [0.29, 0.717) is 18.9 Å². The predicted molar refractivity (Wildman–Crippen MR) is 58.5 cm³/mol. The maximum atomic E-state index is 11.1. The molecule has 0 fully saturated rings. The fourth-order valence-corrected chi connectivity index (χ4v) is 1.66. The summed E-state index contributed by atoms with van der Waals surface area (Å²) in [6.07, 6.45) is 0. The Labute approximate surface area is 89.4 Å². The highest BCUT2D eigenvalue weighted by molar-refractivity contribution is 7.99. The van der Waals surface area contributed by atoms with Crippen molar-refractivity contribution in [3.8, 4) is 0 Å². The third-order valence-electron chi connectivity index (χ3n) is 1.58. The molecule has 0 aliphatic rings. The van der Waals surface area contributed by atoms with Gasteiger partial charge in [-0.2, -0.15) is 11.8 Å². The van der Waals surface area contributed by atoms with Gasteiger partial charge in [0.15, 0.2) is 0 Å². The fraction of sp³-hybridized carbons (Fsp3) is 0.889. The molecule has 14 heavy (non-hydrogen) atoms. The van der Waals surface area contributed by atoms with Crippen LogP contribution in [0.2, 0.25) is 0 Å². The first kappa shape index (κ1) is 13.7. The molecule has 84 valence electrons. The van der Waals surface area contributed by atoms with Crippen LogP contribution in [0.3, 0.4) is 0 Å². The zero-order valence-corrected chi connectivity index (χ0v) is 9.60. The molecule has 0 saturated heterocycles. The average Bonchev–Trinajstić information content (AvgIpc) is 2.18. The van der Waals surface area contributed by atoms with E-state index >= 15 is 0 Å². The van der Waals surface area contributed by atoms with Crippen molar-refractivity contribution in [2.75, 3.05) is 38.4 Å². The van der Waals surface area contributed by atoms with Crippen molar-refractivity contribution < 1.29 is 14.6 Å². The molecule has 0 saturated carbocycles. The van der Waals surface area contributed by atoms with Crippen molar-refractivity contribution in [3.63, 3.8) is 0 Å². The first-order chi connectivity index (χ1) is 6.70. The Balaban J connectivity index is 3.26. The number of carbonyl (C=O) groups is 1. The molecule has 1 unspecified atom stereocenters. The van der Waals surface area contributed by atoms with Crippen molar-refractivity contribution in [2.24, 2.45) is 5.92 Å². The highest BCUT2D eigenvalue weighted by Crippen LogP contribution is 2.06. The van der Waals surface area contributed by atoms with Gasteiger partial charge in [0.05, 0.1) is 12.4 Å².